The van der Waals surface area contributed by atoms with E-state index < -0.39 is 49.9 Å². The van der Waals surface area contributed by atoms with Crippen LogP contribution in [0.4, 0.5) is 34.6 Å². The largest absolute Gasteiger partial charge is 0.455 e. The molecular weight excluding hydrogens is 933 g/mol. The number of alkyl halides is 4. The van der Waals surface area contributed by atoms with Crippen LogP contribution in [0.1, 0.15) is 73.0 Å². The molecule has 1 aliphatic carbocycles. The van der Waals surface area contributed by atoms with Gasteiger partial charge in [-0.3, -0.25) is 24.7 Å². The first-order chi connectivity index (χ1) is 33.4. The molecule has 5 aromatic rings. The quantitative estimate of drug-likeness (QED) is 0.0349. The number of hydrogen-bond donors (Lipinski definition) is 3. The number of rotatable bonds is 17. The number of ether oxygens (including phenoxy) is 2. The van der Waals surface area contributed by atoms with Crippen LogP contribution < -0.4 is 19.7 Å². The first-order valence-corrected chi connectivity index (χ1v) is 24.9. The number of benzene rings is 3. The molecule has 3 aliphatic rings. The maximum absolute atomic E-state index is 14.0. The highest BCUT2D eigenvalue weighted by molar-refractivity contribution is 7.90. The lowest BCUT2D eigenvalue weighted by Crippen LogP contribution is -2.47. The average Bonchev–Trinajstić information content (AvgIpc) is 3.79. The number of hydrogen-bond acceptors (Lipinski definition) is 12. The van der Waals surface area contributed by atoms with Gasteiger partial charge in [-0.05, 0) is 110 Å². The fourth-order valence-corrected chi connectivity index (χ4v) is 10.5. The number of carbonyl (C=O) groups excluding carboxylic acids is 1. The normalized spacial score (nSPS) is 18.3. The third-order valence-corrected chi connectivity index (χ3v) is 14.7. The fraction of sp³-hybridized carbons (Fsp3) is 0.440. The second-order valence-corrected chi connectivity index (χ2v) is 20.7. The number of nitro benzene ring substituents is 1. The highest BCUT2D eigenvalue weighted by Gasteiger charge is 2.34. The summed E-state index contributed by atoms with van der Waals surface area (Å²) in [6.45, 7) is 11.3. The summed E-state index contributed by atoms with van der Waals surface area (Å²) in [7, 11) is -4.65. The Bertz CT molecular complexity index is 2860. The van der Waals surface area contributed by atoms with Crippen molar-refractivity contribution in [3.05, 3.63) is 117 Å². The third kappa shape index (κ3) is 12.1. The van der Waals surface area contributed by atoms with E-state index in [0.29, 0.717) is 95.2 Å². The molecule has 374 valence electrons. The van der Waals surface area contributed by atoms with Gasteiger partial charge in [-0.1, -0.05) is 25.5 Å². The summed E-state index contributed by atoms with van der Waals surface area (Å²) in [6, 6.07) is 15.8. The Morgan fingerprint density at radius 1 is 1.03 bits per heavy atom. The zero-order valence-corrected chi connectivity index (χ0v) is 40.2. The summed E-state index contributed by atoms with van der Waals surface area (Å²) < 4.78 is 95.2. The molecule has 0 radical (unpaired) electrons. The Balaban J connectivity index is 0.968. The lowest BCUT2D eigenvalue weighted by atomic mass is 9.72. The molecule has 2 fully saturated rings. The Hall–Kier alpha value is -6.09. The number of aromatic nitrogens is 2. The van der Waals surface area contributed by atoms with Crippen LogP contribution in [0.15, 0.2) is 89.6 Å². The molecule has 15 nitrogen and oxygen atoms in total. The van der Waals surface area contributed by atoms with Gasteiger partial charge in [0, 0.05) is 88.3 Å². The van der Waals surface area contributed by atoms with E-state index in [1.807, 2.05) is 4.90 Å². The van der Waals surface area contributed by atoms with Crippen LogP contribution in [-0.4, -0.2) is 117 Å². The molecule has 70 heavy (non-hydrogen) atoms. The molecule has 1 atom stereocenters. The van der Waals surface area contributed by atoms with Gasteiger partial charge in [0.05, 0.1) is 39.9 Å². The SMILES string of the molecule is Cc1cc(C(F)(F)F)ccc1C1=C(CN2CCN(c3ccc(C(=O)NS(=O)(=O)c4ccc(NCCCC5CN(CCF)CCO5)c([N+](=O)[O-])c4)c(Oc4cnc5[nH]ccc5c4)c3)CC2)CCC(C)(C)C1. The molecular formula is C50H58F4N8O7S. The van der Waals surface area contributed by atoms with Crippen molar-refractivity contribution in [2.75, 3.05) is 82.4 Å². The van der Waals surface area contributed by atoms with Gasteiger partial charge in [0.15, 0.2) is 0 Å². The van der Waals surface area contributed by atoms with E-state index in [9.17, 15) is 40.9 Å². The van der Waals surface area contributed by atoms with E-state index >= 15 is 0 Å². The Kier molecular flexibility index (Phi) is 15.2. The van der Waals surface area contributed by atoms with Crippen molar-refractivity contribution in [3.8, 4) is 11.5 Å². The van der Waals surface area contributed by atoms with Crippen LogP contribution in [0.5, 0.6) is 11.5 Å². The van der Waals surface area contributed by atoms with E-state index in [-0.39, 0.29) is 34.3 Å². The van der Waals surface area contributed by atoms with Gasteiger partial charge in [-0.15, -0.1) is 0 Å². The van der Waals surface area contributed by atoms with Crippen LogP contribution in [0, 0.1) is 22.5 Å². The number of anilines is 2. The topological polar surface area (TPSA) is 175 Å². The monoisotopic (exact) mass is 990 g/mol. The predicted molar refractivity (Wildman–Crippen MR) is 260 cm³/mol. The molecule has 2 aliphatic heterocycles. The predicted octanol–water partition coefficient (Wildman–Crippen LogP) is 9.36. The summed E-state index contributed by atoms with van der Waals surface area (Å²) in [6.07, 6.45) is 2.48. The van der Waals surface area contributed by atoms with Crippen LogP contribution in [0.3, 0.4) is 0 Å². The molecule has 1 unspecified atom stereocenters. The van der Waals surface area contributed by atoms with Crippen molar-refractivity contribution >= 4 is 49.6 Å². The van der Waals surface area contributed by atoms with E-state index in [1.54, 1.807) is 43.5 Å². The van der Waals surface area contributed by atoms with Crippen molar-refractivity contribution in [1.82, 2.24) is 24.5 Å². The number of morpholine rings is 1. The van der Waals surface area contributed by atoms with Crippen molar-refractivity contribution in [2.45, 2.75) is 70.1 Å². The molecule has 2 saturated heterocycles. The number of nitrogens with one attached hydrogen (secondary N) is 3. The fourth-order valence-electron chi connectivity index (χ4n) is 9.53. The van der Waals surface area contributed by atoms with E-state index in [0.717, 1.165) is 41.9 Å². The average molecular weight is 991 g/mol. The minimum absolute atomic E-state index is 0.00223. The highest BCUT2D eigenvalue weighted by atomic mass is 32.2. The van der Waals surface area contributed by atoms with E-state index in [4.69, 9.17) is 9.47 Å². The molecule has 3 N–H and O–H groups in total. The number of halogens is 4. The molecule has 4 heterocycles. The lowest BCUT2D eigenvalue weighted by molar-refractivity contribution is -0.384. The first kappa shape index (κ1) is 50.3. The van der Waals surface area contributed by atoms with Gasteiger partial charge >= 0.3 is 6.18 Å². The molecule has 0 saturated carbocycles. The molecule has 2 aromatic heterocycles. The van der Waals surface area contributed by atoms with Gasteiger partial charge < -0.3 is 24.7 Å². The van der Waals surface area contributed by atoms with Gasteiger partial charge in [0.2, 0.25) is 0 Å². The summed E-state index contributed by atoms with van der Waals surface area (Å²) in [5, 5.41) is 15.9. The molecule has 0 bridgehead atoms. The Labute approximate surface area is 404 Å². The molecule has 1 amide bonds. The van der Waals surface area contributed by atoms with Crippen LogP contribution >= 0.6 is 0 Å². The van der Waals surface area contributed by atoms with E-state index in [2.05, 4.69) is 43.7 Å². The number of carbonyl (C=O) groups is 1. The van der Waals surface area contributed by atoms with Crippen molar-refractivity contribution in [1.29, 1.82) is 0 Å². The molecule has 8 rings (SSSR count). The summed E-state index contributed by atoms with van der Waals surface area (Å²) in [5.74, 6) is -0.683. The maximum atomic E-state index is 14.0. The lowest BCUT2D eigenvalue weighted by Gasteiger charge is -2.39. The molecule has 0 spiro atoms. The molecule has 3 aromatic carbocycles. The van der Waals surface area contributed by atoms with Crippen molar-refractivity contribution in [2.24, 2.45) is 5.41 Å². The van der Waals surface area contributed by atoms with Crippen LogP contribution in [-0.2, 0) is 20.9 Å². The summed E-state index contributed by atoms with van der Waals surface area (Å²) >= 11 is 0. The number of amides is 1. The minimum Gasteiger partial charge on any atom is -0.455 e. The number of pyridine rings is 1. The van der Waals surface area contributed by atoms with Crippen LogP contribution in [0.25, 0.3) is 16.6 Å². The van der Waals surface area contributed by atoms with E-state index in [1.165, 1.54) is 42.1 Å². The standard InChI is InChI=1S/C50H58F4N8O7S/c1-33-25-36(50(52,53)54)6-9-41(33)43-29-49(2,3)14-12-35(43)31-60-19-21-61(22-20-60)37-7-10-42(46(27-37)69-39-26-34-13-17-56-47(34)57-30-39)48(63)58-70(66,67)40-8-11-44(45(28-40)62(64)65)55-16-4-5-38-32-59(18-15-51)23-24-68-38/h6-11,13,17,25-28,30,38,55H,4-5,12,14-16,18-24,29,31-32H2,1-3H3,(H,56,57)(H,58,63). The van der Waals surface area contributed by atoms with Gasteiger partial charge in [0.25, 0.3) is 21.6 Å². The highest BCUT2D eigenvalue weighted by Crippen LogP contribution is 2.45. The Morgan fingerprint density at radius 3 is 2.57 bits per heavy atom. The summed E-state index contributed by atoms with van der Waals surface area (Å²) in [4.78, 5) is 38.9. The zero-order valence-electron chi connectivity index (χ0n) is 39.4. The van der Waals surface area contributed by atoms with Crippen molar-refractivity contribution < 1.29 is 45.2 Å². The van der Waals surface area contributed by atoms with Gasteiger partial charge in [-0.25, -0.2) is 22.5 Å². The van der Waals surface area contributed by atoms with Gasteiger partial charge in [-0.2, -0.15) is 13.2 Å². The second-order valence-electron chi connectivity index (χ2n) is 19.0. The smallest absolute Gasteiger partial charge is 0.416 e. The number of H-pyrrole nitrogens is 1. The minimum atomic E-state index is -4.65. The number of nitro groups is 1. The zero-order chi connectivity index (χ0) is 49.8. The number of allylic oxidation sites excluding steroid dienone is 1. The number of aromatic amines is 1. The number of aryl methyl sites for hydroxylation is 1. The maximum Gasteiger partial charge on any atom is 0.416 e. The number of nitrogens with zero attached hydrogens (tertiary/aromatic N) is 5. The number of fused-ring (bicyclic) bond motifs is 1. The number of sulfonamides is 1. The second kappa shape index (κ2) is 21.1. The third-order valence-electron chi connectivity index (χ3n) is 13.4. The summed E-state index contributed by atoms with van der Waals surface area (Å²) in [5.41, 5.74) is 3.98. The first-order valence-electron chi connectivity index (χ1n) is 23.5. The molecule has 20 heteroatoms. The number of piperazine rings is 1. The Morgan fingerprint density at radius 2 is 1.83 bits per heavy atom. The van der Waals surface area contributed by atoms with Crippen molar-refractivity contribution in [3.63, 3.8) is 0 Å². The van der Waals surface area contributed by atoms with Crippen LogP contribution in [0.2, 0.25) is 0 Å². The van der Waals surface area contributed by atoms with Gasteiger partial charge in [0.1, 0.15) is 29.5 Å².